The molecule has 0 bridgehead atoms. The summed E-state index contributed by atoms with van der Waals surface area (Å²) in [6.07, 6.45) is 0.706. The number of thiophene rings is 1. The third-order valence-corrected chi connectivity index (χ3v) is 3.70. The summed E-state index contributed by atoms with van der Waals surface area (Å²) in [5.41, 5.74) is 0. The van der Waals surface area contributed by atoms with E-state index in [4.69, 9.17) is 11.6 Å². The Morgan fingerprint density at radius 1 is 1.53 bits per heavy atom. The van der Waals surface area contributed by atoms with Crippen LogP contribution in [0.15, 0.2) is 12.1 Å². The summed E-state index contributed by atoms with van der Waals surface area (Å²) >= 11 is 7.10. The molecule has 3 nitrogen and oxygen atoms in total. The molecule has 1 atom stereocenters. The largest absolute Gasteiger partial charge is 0.386 e. The van der Waals surface area contributed by atoms with Gasteiger partial charge in [0.2, 0.25) is 5.91 Å². The van der Waals surface area contributed by atoms with Gasteiger partial charge in [-0.3, -0.25) is 4.79 Å². The number of carbonyl (C=O) groups is 1. The number of rotatable bonds is 6. The van der Waals surface area contributed by atoms with Crippen molar-refractivity contribution in [3.63, 3.8) is 0 Å². The summed E-state index contributed by atoms with van der Waals surface area (Å²) in [7, 11) is 0. The molecule has 0 saturated carbocycles. The Hall–Kier alpha value is -0.580. The minimum absolute atomic E-state index is 0.0135. The zero-order valence-corrected chi connectivity index (χ0v) is 11.6. The Kier molecular flexibility index (Phi) is 5.95. The lowest BCUT2D eigenvalue weighted by atomic mass is 10.1. The van der Waals surface area contributed by atoms with Gasteiger partial charge in [0.25, 0.3) is 0 Å². The molecule has 0 fully saturated rings. The Balaban J connectivity index is 2.28. The minimum Gasteiger partial charge on any atom is -0.386 e. The molecule has 0 aliphatic rings. The number of hydrogen-bond acceptors (Lipinski definition) is 3. The molecule has 1 aromatic heterocycles. The van der Waals surface area contributed by atoms with Crippen LogP contribution in [0, 0.1) is 5.92 Å². The molecule has 17 heavy (non-hydrogen) atoms. The van der Waals surface area contributed by atoms with Gasteiger partial charge in [-0.15, -0.1) is 11.3 Å². The predicted molar refractivity (Wildman–Crippen MR) is 71.4 cm³/mol. The molecule has 0 radical (unpaired) electrons. The van der Waals surface area contributed by atoms with Gasteiger partial charge in [0.15, 0.2) is 0 Å². The number of amides is 1. The van der Waals surface area contributed by atoms with Crippen LogP contribution in [0.5, 0.6) is 0 Å². The highest BCUT2D eigenvalue weighted by Gasteiger charge is 2.11. The summed E-state index contributed by atoms with van der Waals surface area (Å²) in [6, 6.07) is 3.52. The quantitative estimate of drug-likeness (QED) is 0.839. The minimum atomic E-state index is -0.671. The Morgan fingerprint density at radius 3 is 2.76 bits per heavy atom. The van der Waals surface area contributed by atoms with Crippen LogP contribution >= 0.6 is 22.9 Å². The first kappa shape index (κ1) is 14.5. The third-order valence-electron chi connectivity index (χ3n) is 2.36. The second kappa shape index (κ2) is 6.99. The van der Waals surface area contributed by atoms with Gasteiger partial charge in [0, 0.05) is 17.8 Å². The lowest BCUT2D eigenvalue weighted by molar-refractivity contribution is -0.121. The zero-order chi connectivity index (χ0) is 12.8. The van der Waals surface area contributed by atoms with Crippen LogP contribution in [0.4, 0.5) is 0 Å². The van der Waals surface area contributed by atoms with E-state index < -0.39 is 6.10 Å². The first-order valence-corrected chi connectivity index (χ1v) is 6.88. The molecule has 1 aromatic rings. The van der Waals surface area contributed by atoms with Gasteiger partial charge in [0.1, 0.15) is 6.10 Å². The highest BCUT2D eigenvalue weighted by molar-refractivity contribution is 7.16. The molecule has 0 spiro atoms. The standard InChI is InChI=1S/C12H18ClNO2S/c1-8(2)3-6-12(16)14-7-9(15)10-4-5-11(13)17-10/h4-5,8-9,15H,3,6-7H2,1-2H3,(H,14,16)/t9-/m0/s1. The van der Waals surface area contributed by atoms with E-state index in [0.29, 0.717) is 16.7 Å². The number of aliphatic hydroxyl groups is 1. The van der Waals surface area contributed by atoms with E-state index in [1.165, 1.54) is 11.3 Å². The first-order valence-electron chi connectivity index (χ1n) is 5.69. The third kappa shape index (κ3) is 5.52. The van der Waals surface area contributed by atoms with Crippen molar-refractivity contribution >= 4 is 28.8 Å². The molecular formula is C12H18ClNO2S. The molecule has 0 aliphatic carbocycles. The van der Waals surface area contributed by atoms with Gasteiger partial charge >= 0.3 is 0 Å². The van der Waals surface area contributed by atoms with Gasteiger partial charge < -0.3 is 10.4 Å². The predicted octanol–water partition coefficient (Wildman–Crippen LogP) is 2.99. The Bertz CT molecular complexity index is 365. The maximum absolute atomic E-state index is 11.4. The van der Waals surface area contributed by atoms with E-state index in [-0.39, 0.29) is 12.5 Å². The van der Waals surface area contributed by atoms with Gasteiger partial charge in [-0.1, -0.05) is 25.4 Å². The van der Waals surface area contributed by atoms with E-state index in [1.54, 1.807) is 12.1 Å². The van der Waals surface area contributed by atoms with Crippen molar-refractivity contribution < 1.29 is 9.90 Å². The van der Waals surface area contributed by atoms with Crippen molar-refractivity contribution in [3.8, 4) is 0 Å². The van der Waals surface area contributed by atoms with Crippen molar-refractivity contribution in [3.05, 3.63) is 21.3 Å². The van der Waals surface area contributed by atoms with Crippen molar-refractivity contribution in [1.29, 1.82) is 0 Å². The van der Waals surface area contributed by atoms with Crippen LogP contribution < -0.4 is 5.32 Å². The van der Waals surface area contributed by atoms with Crippen LogP contribution in [-0.4, -0.2) is 17.6 Å². The van der Waals surface area contributed by atoms with Gasteiger partial charge in [-0.2, -0.15) is 0 Å². The molecular weight excluding hydrogens is 258 g/mol. The summed E-state index contributed by atoms with van der Waals surface area (Å²) in [5.74, 6) is 0.502. The lowest BCUT2D eigenvalue weighted by Gasteiger charge is -2.10. The number of halogens is 1. The van der Waals surface area contributed by atoms with E-state index in [0.717, 1.165) is 11.3 Å². The second-order valence-electron chi connectivity index (χ2n) is 4.39. The van der Waals surface area contributed by atoms with Crippen molar-refractivity contribution in [2.24, 2.45) is 5.92 Å². The number of nitrogens with one attached hydrogen (secondary N) is 1. The molecule has 1 amide bonds. The molecule has 5 heteroatoms. The van der Waals surface area contributed by atoms with Gasteiger partial charge in [0.05, 0.1) is 4.34 Å². The number of aliphatic hydroxyl groups excluding tert-OH is 1. The fourth-order valence-corrected chi connectivity index (χ4v) is 2.37. The van der Waals surface area contributed by atoms with E-state index >= 15 is 0 Å². The molecule has 0 aliphatic heterocycles. The number of carbonyl (C=O) groups excluding carboxylic acids is 1. The fraction of sp³-hybridized carbons (Fsp3) is 0.583. The normalized spacial score (nSPS) is 12.8. The molecule has 96 valence electrons. The molecule has 1 rings (SSSR count). The molecule has 0 aromatic carbocycles. The monoisotopic (exact) mass is 275 g/mol. The Morgan fingerprint density at radius 2 is 2.24 bits per heavy atom. The van der Waals surface area contributed by atoms with Crippen LogP contribution in [0.25, 0.3) is 0 Å². The highest BCUT2D eigenvalue weighted by Crippen LogP contribution is 2.26. The van der Waals surface area contributed by atoms with E-state index in [1.807, 2.05) is 0 Å². The van der Waals surface area contributed by atoms with Crippen molar-refractivity contribution in [2.75, 3.05) is 6.54 Å². The molecule has 1 heterocycles. The molecule has 0 saturated heterocycles. The Labute approximate surface area is 111 Å². The highest BCUT2D eigenvalue weighted by atomic mass is 35.5. The van der Waals surface area contributed by atoms with E-state index in [9.17, 15) is 9.90 Å². The zero-order valence-electron chi connectivity index (χ0n) is 10.1. The smallest absolute Gasteiger partial charge is 0.220 e. The van der Waals surface area contributed by atoms with Crippen molar-refractivity contribution in [1.82, 2.24) is 5.32 Å². The summed E-state index contributed by atoms with van der Waals surface area (Å²) in [5, 5.41) is 12.5. The summed E-state index contributed by atoms with van der Waals surface area (Å²) in [6.45, 7) is 4.40. The van der Waals surface area contributed by atoms with E-state index in [2.05, 4.69) is 19.2 Å². The maximum Gasteiger partial charge on any atom is 0.220 e. The maximum atomic E-state index is 11.4. The van der Waals surface area contributed by atoms with Crippen LogP contribution in [0.1, 0.15) is 37.7 Å². The summed E-state index contributed by atoms with van der Waals surface area (Å²) < 4.78 is 0.644. The second-order valence-corrected chi connectivity index (χ2v) is 6.14. The van der Waals surface area contributed by atoms with Crippen molar-refractivity contribution in [2.45, 2.75) is 32.8 Å². The average Bonchev–Trinajstić information content (AvgIpc) is 2.70. The van der Waals surface area contributed by atoms with Crippen LogP contribution in [0.2, 0.25) is 4.34 Å². The fourth-order valence-electron chi connectivity index (χ4n) is 1.33. The molecule has 0 unspecified atom stereocenters. The topological polar surface area (TPSA) is 49.3 Å². The first-order chi connectivity index (χ1) is 7.99. The van der Waals surface area contributed by atoms with Gasteiger partial charge in [-0.25, -0.2) is 0 Å². The summed E-state index contributed by atoms with van der Waals surface area (Å²) in [4.78, 5) is 12.2. The average molecular weight is 276 g/mol. The molecule has 2 N–H and O–H groups in total. The SMILES string of the molecule is CC(C)CCC(=O)NC[C@H](O)c1ccc(Cl)s1. The lowest BCUT2D eigenvalue weighted by Crippen LogP contribution is -2.28. The number of hydrogen-bond donors (Lipinski definition) is 2. The van der Waals surface area contributed by atoms with Gasteiger partial charge in [-0.05, 0) is 24.5 Å². The van der Waals surface area contributed by atoms with Crippen LogP contribution in [0.3, 0.4) is 0 Å². The van der Waals surface area contributed by atoms with Crippen LogP contribution in [-0.2, 0) is 4.79 Å².